The molecule has 1 aromatic heterocycles. The van der Waals surface area contributed by atoms with Gasteiger partial charge in [0.2, 0.25) is 0 Å². The van der Waals surface area contributed by atoms with E-state index in [9.17, 15) is 0 Å². The Morgan fingerprint density at radius 2 is 1.95 bits per heavy atom. The Labute approximate surface area is 130 Å². The highest BCUT2D eigenvalue weighted by atomic mass is 16.5. The lowest BCUT2D eigenvalue weighted by molar-refractivity contribution is 0.393. The molecule has 1 saturated heterocycles. The molecule has 5 nitrogen and oxygen atoms in total. The summed E-state index contributed by atoms with van der Waals surface area (Å²) in [6.45, 7) is 1.10. The molecule has 116 valence electrons. The van der Waals surface area contributed by atoms with Crippen molar-refractivity contribution in [3.63, 3.8) is 0 Å². The number of benzene rings is 1. The van der Waals surface area contributed by atoms with Gasteiger partial charge in [0.25, 0.3) is 0 Å². The maximum atomic E-state index is 5.75. The van der Waals surface area contributed by atoms with Gasteiger partial charge in [-0.1, -0.05) is 12.5 Å². The monoisotopic (exact) mass is 299 g/mol. The molecule has 1 atom stereocenters. The average Bonchev–Trinajstić information content (AvgIpc) is 2.58. The lowest BCUT2D eigenvalue weighted by Gasteiger charge is -2.22. The van der Waals surface area contributed by atoms with Crippen molar-refractivity contribution in [2.75, 3.05) is 13.7 Å². The van der Waals surface area contributed by atoms with Crippen LogP contribution in [0.3, 0.4) is 0 Å². The number of nitrogens with zero attached hydrogens (tertiary/aromatic N) is 2. The largest absolute Gasteiger partial charge is 0.497 e. The van der Waals surface area contributed by atoms with Gasteiger partial charge < -0.3 is 14.8 Å². The van der Waals surface area contributed by atoms with Crippen LogP contribution in [0.25, 0.3) is 0 Å². The van der Waals surface area contributed by atoms with E-state index in [1.165, 1.54) is 19.3 Å². The van der Waals surface area contributed by atoms with E-state index >= 15 is 0 Å². The first-order valence-electron chi connectivity index (χ1n) is 7.70. The van der Waals surface area contributed by atoms with Crippen LogP contribution in [0, 0.1) is 0 Å². The molecule has 22 heavy (non-hydrogen) atoms. The molecule has 2 heterocycles. The zero-order chi connectivity index (χ0) is 15.2. The first kappa shape index (κ1) is 14.8. The normalized spacial score (nSPS) is 18.0. The van der Waals surface area contributed by atoms with Gasteiger partial charge in [0, 0.05) is 18.5 Å². The molecule has 1 fully saturated rings. The predicted molar refractivity (Wildman–Crippen MR) is 84.4 cm³/mol. The molecular weight excluding hydrogens is 278 g/mol. The average molecular weight is 299 g/mol. The maximum Gasteiger partial charge on any atom is 0.164 e. The van der Waals surface area contributed by atoms with Crippen LogP contribution in [0.1, 0.15) is 25.1 Å². The molecule has 0 aliphatic carbocycles. The van der Waals surface area contributed by atoms with Crippen molar-refractivity contribution in [2.45, 2.75) is 31.7 Å². The van der Waals surface area contributed by atoms with Crippen molar-refractivity contribution in [3.05, 3.63) is 42.5 Å². The lowest BCUT2D eigenvalue weighted by Crippen LogP contribution is -2.36. The zero-order valence-corrected chi connectivity index (χ0v) is 12.8. The quantitative estimate of drug-likeness (QED) is 0.920. The van der Waals surface area contributed by atoms with Gasteiger partial charge in [-0.25, -0.2) is 9.97 Å². The van der Waals surface area contributed by atoms with E-state index < -0.39 is 0 Å². The zero-order valence-electron chi connectivity index (χ0n) is 12.8. The summed E-state index contributed by atoms with van der Waals surface area (Å²) in [6, 6.07) is 7.98. The molecule has 0 spiro atoms. The van der Waals surface area contributed by atoms with E-state index in [0.29, 0.717) is 17.5 Å². The summed E-state index contributed by atoms with van der Waals surface area (Å²) in [7, 11) is 1.64. The summed E-state index contributed by atoms with van der Waals surface area (Å²) in [5.41, 5.74) is 0. The number of hydrogen-bond donors (Lipinski definition) is 1. The third-order valence-corrected chi connectivity index (χ3v) is 3.80. The summed E-state index contributed by atoms with van der Waals surface area (Å²) in [4.78, 5) is 8.81. The number of aromatic nitrogens is 2. The molecule has 0 amide bonds. The van der Waals surface area contributed by atoms with Crippen LogP contribution >= 0.6 is 0 Å². The summed E-state index contributed by atoms with van der Waals surface area (Å²) in [5, 5.41) is 3.51. The van der Waals surface area contributed by atoms with Gasteiger partial charge in [0.15, 0.2) is 5.75 Å². The van der Waals surface area contributed by atoms with E-state index in [1.54, 1.807) is 19.5 Å². The second kappa shape index (κ2) is 7.22. The number of piperidine rings is 1. The minimum absolute atomic E-state index is 0.499. The molecule has 1 aromatic carbocycles. The molecule has 1 aliphatic heterocycles. The fourth-order valence-electron chi connectivity index (χ4n) is 2.62. The standard InChI is InChI=1S/C17H21N3O2/c1-21-14-6-4-7-15(10-14)22-16-11-19-17(20-12-16)9-13-5-2-3-8-18-13/h4,6-7,10-13,18H,2-3,5,8-9H2,1H3. The van der Waals surface area contributed by atoms with Crippen molar-refractivity contribution in [1.82, 2.24) is 15.3 Å². The number of rotatable bonds is 5. The van der Waals surface area contributed by atoms with Gasteiger partial charge >= 0.3 is 0 Å². The van der Waals surface area contributed by atoms with E-state index in [4.69, 9.17) is 9.47 Å². The van der Waals surface area contributed by atoms with Gasteiger partial charge in [-0.2, -0.15) is 0 Å². The van der Waals surface area contributed by atoms with Gasteiger partial charge in [-0.05, 0) is 31.5 Å². The van der Waals surface area contributed by atoms with Gasteiger partial charge in [-0.15, -0.1) is 0 Å². The van der Waals surface area contributed by atoms with Crippen LogP contribution < -0.4 is 14.8 Å². The molecule has 1 unspecified atom stereocenters. The van der Waals surface area contributed by atoms with Crippen molar-refractivity contribution in [2.24, 2.45) is 0 Å². The van der Waals surface area contributed by atoms with Crippen LogP contribution in [0.2, 0.25) is 0 Å². The number of hydrogen-bond acceptors (Lipinski definition) is 5. The summed E-state index contributed by atoms with van der Waals surface area (Å²) in [6.07, 6.45) is 8.08. The van der Waals surface area contributed by atoms with E-state index in [0.717, 1.165) is 24.5 Å². The molecule has 2 aromatic rings. The summed E-state index contributed by atoms with van der Waals surface area (Å²) in [5.74, 6) is 2.97. The first-order valence-corrected chi connectivity index (χ1v) is 7.70. The third-order valence-electron chi connectivity index (χ3n) is 3.80. The fraction of sp³-hybridized carbons (Fsp3) is 0.412. The molecule has 3 rings (SSSR count). The topological polar surface area (TPSA) is 56.3 Å². The Morgan fingerprint density at radius 3 is 2.68 bits per heavy atom. The second-order valence-electron chi connectivity index (χ2n) is 5.47. The van der Waals surface area contributed by atoms with Crippen molar-refractivity contribution < 1.29 is 9.47 Å². The van der Waals surface area contributed by atoms with Crippen molar-refractivity contribution in [1.29, 1.82) is 0 Å². The van der Waals surface area contributed by atoms with Crippen molar-refractivity contribution >= 4 is 0 Å². The Balaban J connectivity index is 1.60. The molecule has 0 saturated carbocycles. The SMILES string of the molecule is COc1cccc(Oc2cnc(CC3CCCCN3)nc2)c1. The van der Waals surface area contributed by atoms with Gasteiger partial charge in [-0.3, -0.25) is 0 Å². The minimum atomic E-state index is 0.499. The highest BCUT2D eigenvalue weighted by molar-refractivity contribution is 5.35. The van der Waals surface area contributed by atoms with Crippen LogP contribution in [-0.2, 0) is 6.42 Å². The molecule has 1 aliphatic rings. The van der Waals surface area contributed by atoms with E-state index in [-0.39, 0.29) is 0 Å². The Morgan fingerprint density at radius 1 is 1.14 bits per heavy atom. The number of methoxy groups -OCH3 is 1. The number of ether oxygens (including phenoxy) is 2. The summed E-state index contributed by atoms with van der Waals surface area (Å²) >= 11 is 0. The second-order valence-corrected chi connectivity index (χ2v) is 5.47. The Kier molecular flexibility index (Phi) is 4.85. The molecule has 0 bridgehead atoms. The highest BCUT2D eigenvalue weighted by Crippen LogP contribution is 2.24. The smallest absolute Gasteiger partial charge is 0.164 e. The lowest BCUT2D eigenvalue weighted by atomic mass is 10.0. The Bertz CT molecular complexity index is 595. The molecular formula is C17H21N3O2. The fourth-order valence-corrected chi connectivity index (χ4v) is 2.62. The number of nitrogens with one attached hydrogen (secondary N) is 1. The molecule has 5 heteroatoms. The van der Waals surface area contributed by atoms with Crippen LogP contribution in [0.5, 0.6) is 17.2 Å². The molecule has 0 radical (unpaired) electrons. The van der Waals surface area contributed by atoms with E-state index in [1.807, 2.05) is 24.3 Å². The van der Waals surface area contributed by atoms with E-state index in [2.05, 4.69) is 15.3 Å². The van der Waals surface area contributed by atoms with Crippen LogP contribution in [0.4, 0.5) is 0 Å². The third kappa shape index (κ3) is 3.95. The molecule has 1 N–H and O–H groups in total. The van der Waals surface area contributed by atoms with Crippen molar-refractivity contribution in [3.8, 4) is 17.2 Å². The van der Waals surface area contributed by atoms with Gasteiger partial charge in [0.05, 0.1) is 19.5 Å². The first-order chi connectivity index (χ1) is 10.8. The van der Waals surface area contributed by atoms with Crippen LogP contribution in [-0.4, -0.2) is 29.7 Å². The Hall–Kier alpha value is -2.14. The summed E-state index contributed by atoms with van der Waals surface area (Å²) < 4.78 is 10.9. The maximum absolute atomic E-state index is 5.75. The van der Waals surface area contributed by atoms with Crippen LogP contribution in [0.15, 0.2) is 36.7 Å². The highest BCUT2D eigenvalue weighted by Gasteiger charge is 2.14. The minimum Gasteiger partial charge on any atom is -0.497 e. The van der Waals surface area contributed by atoms with Gasteiger partial charge in [0.1, 0.15) is 17.3 Å². The predicted octanol–water partition coefficient (Wildman–Crippen LogP) is 2.96.